The number of nitrogens with zero attached hydrogens (tertiary/aromatic N) is 1. The quantitative estimate of drug-likeness (QED) is 0.775. The van der Waals surface area contributed by atoms with Gasteiger partial charge in [-0.3, -0.25) is 0 Å². The van der Waals surface area contributed by atoms with Crippen LogP contribution in [-0.4, -0.2) is 36.0 Å². The first-order chi connectivity index (χ1) is 8.15. The van der Waals surface area contributed by atoms with E-state index in [1.165, 1.54) is 6.42 Å². The van der Waals surface area contributed by atoms with Crippen molar-refractivity contribution in [1.82, 2.24) is 5.32 Å². The van der Waals surface area contributed by atoms with Crippen LogP contribution >= 0.6 is 0 Å². The SMILES string of the molecule is CC1OCCC1(O)CNC1CCCCC1C#N. The molecule has 4 atom stereocenters. The van der Waals surface area contributed by atoms with E-state index >= 15 is 0 Å². The molecule has 1 aliphatic heterocycles. The van der Waals surface area contributed by atoms with Gasteiger partial charge >= 0.3 is 0 Å². The molecule has 4 unspecified atom stereocenters. The molecule has 96 valence electrons. The van der Waals surface area contributed by atoms with E-state index in [-0.39, 0.29) is 18.1 Å². The summed E-state index contributed by atoms with van der Waals surface area (Å²) in [6.45, 7) is 3.08. The number of hydrogen-bond donors (Lipinski definition) is 2. The summed E-state index contributed by atoms with van der Waals surface area (Å²) in [4.78, 5) is 0. The molecule has 0 aromatic rings. The molecule has 2 N–H and O–H groups in total. The summed E-state index contributed by atoms with van der Waals surface area (Å²) in [6.07, 6.45) is 4.94. The lowest BCUT2D eigenvalue weighted by atomic mass is 9.85. The van der Waals surface area contributed by atoms with Crippen molar-refractivity contribution in [2.24, 2.45) is 5.92 Å². The summed E-state index contributed by atoms with van der Waals surface area (Å²) in [5.74, 6) is 0.102. The van der Waals surface area contributed by atoms with E-state index in [0.717, 1.165) is 19.3 Å². The Labute approximate surface area is 103 Å². The Kier molecular flexibility index (Phi) is 4.03. The summed E-state index contributed by atoms with van der Waals surface area (Å²) in [7, 11) is 0. The van der Waals surface area contributed by atoms with Gasteiger partial charge in [0.15, 0.2) is 0 Å². The summed E-state index contributed by atoms with van der Waals surface area (Å²) in [6, 6.07) is 2.62. The molecule has 1 heterocycles. The highest BCUT2D eigenvalue weighted by Crippen LogP contribution is 2.27. The van der Waals surface area contributed by atoms with Gasteiger partial charge in [-0.05, 0) is 19.8 Å². The van der Waals surface area contributed by atoms with E-state index in [1.807, 2.05) is 6.92 Å². The molecule has 2 aliphatic rings. The largest absolute Gasteiger partial charge is 0.386 e. The van der Waals surface area contributed by atoms with Crippen LogP contribution in [0.2, 0.25) is 0 Å². The molecule has 4 heteroatoms. The average molecular weight is 238 g/mol. The highest BCUT2D eigenvalue weighted by molar-refractivity contribution is 4.98. The molecule has 1 aliphatic carbocycles. The lowest BCUT2D eigenvalue weighted by Gasteiger charge is -2.32. The van der Waals surface area contributed by atoms with E-state index in [1.54, 1.807) is 0 Å². The van der Waals surface area contributed by atoms with Gasteiger partial charge < -0.3 is 15.2 Å². The molecule has 0 spiro atoms. The molecule has 1 saturated heterocycles. The molecular weight excluding hydrogens is 216 g/mol. The number of ether oxygens (including phenoxy) is 1. The predicted molar refractivity (Wildman–Crippen MR) is 64.3 cm³/mol. The Morgan fingerprint density at radius 1 is 1.47 bits per heavy atom. The molecule has 0 aromatic carbocycles. The second kappa shape index (κ2) is 5.34. The highest BCUT2D eigenvalue weighted by Gasteiger charge is 2.40. The fourth-order valence-electron chi connectivity index (χ4n) is 2.84. The van der Waals surface area contributed by atoms with Crippen molar-refractivity contribution in [1.29, 1.82) is 5.26 Å². The molecule has 1 saturated carbocycles. The van der Waals surface area contributed by atoms with Gasteiger partial charge in [-0.1, -0.05) is 12.8 Å². The first kappa shape index (κ1) is 12.8. The van der Waals surface area contributed by atoms with Crippen LogP contribution < -0.4 is 5.32 Å². The Hall–Kier alpha value is -0.630. The van der Waals surface area contributed by atoms with Gasteiger partial charge in [0, 0.05) is 25.6 Å². The number of rotatable bonds is 3. The van der Waals surface area contributed by atoms with Crippen molar-refractivity contribution >= 4 is 0 Å². The standard InChI is InChI=1S/C13H22N2O2/c1-10-13(16,6-7-17-10)9-15-12-5-3-2-4-11(12)8-14/h10-12,15-16H,2-7,9H2,1H3. The van der Waals surface area contributed by atoms with Crippen LogP contribution in [0.15, 0.2) is 0 Å². The van der Waals surface area contributed by atoms with Crippen LogP contribution in [0.1, 0.15) is 39.0 Å². The monoisotopic (exact) mass is 238 g/mol. The second-order valence-electron chi connectivity index (χ2n) is 5.37. The van der Waals surface area contributed by atoms with Crippen molar-refractivity contribution in [2.75, 3.05) is 13.2 Å². The topological polar surface area (TPSA) is 65.3 Å². The molecule has 0 aromatic heterocycles. The lowest BCUT2D eigenvalue weighted by Crippen LogP contribution is -2.50. The molecule has 2 rings (SSSR count). The summed E-state index contributed by atoms with van der Waals surface area (Å²) >= 11 is 0. The third kappa shape index (κ3) is 2.79. The van der Waals surface area contributed by atoms with Crippen molar-refractivity contribution in [3.63, 3.8) is 0 Å². The zero-order valence-corrected chi connectivity index (χ0v) is 10.5. The smallest absolute Gasteiger partial charge is 0.105 e. The van der Waals surface area contributed by atoms with Gasteiger partial charge in [-0.15, -0.1) is 0 Å². The average Bonchev–Trinajstić information content (AvgIpc) is 2.68. The fourth-order valence-corrected chi connectivity index (χ4v) is 2.84. The van der Waals surface area contributed by atoms with Crippen LogP contribution in [0.25, 0.3) is 0 Å². The van der Waals surface area contributed by atoms with Crippen LogP contribution in [-0.2, 0) is 4.74 Å². The summed E-state index contributed by atoms with van der Waals surface area (Å²) < 4.78 is 5.41. The van der Waals surface area contributed by atoms with E-state index in [2.05, 4.69) is 11.4 Å². The van der Waals surface area contributed by atoms with Crippen LogP contribution in [0, 0.1) is 17.2 Å². The predicted octanol–water partition coefficient (Wildman–Crippen LogP) is 1.20. The molecule has 4 nitrogen and oxygen atoms in total. The minimum atomic E-state index is -0.753. The molecule has 0 radical (unpaired) electrons. The Bertz CT molecular complexity index is 302. The first-order valence-corrected chi connectivity index (χ1v) is 6.63. The van der Waals surface area contributed by atoms with Gasteiger partial charge in [-0.25, -0.2) is 0 Å². The maximum Gasteiger partial charge on any atom is 0.105 e. The van der Waals surface area contributed by atoms with Crippen LogP contribution in [0.4, 0.5) is 0 Å². The summed E-state index contributed by atoms with van der Waals surface area (Å²) in [5.41, 5.74) is -0.753. The second-order valence-corrected chi connectivity index (χ2v) is 5.37. The van der Waals surface area contributed by atoms with E-state index < -0.39 is 5.60 Å². The van der Waals surface area contributed by atoms with Crippen molar-refractivity contribution < 1.29 is 9.84 Å². The maximum atomic E-state index is 10.4. The number of aliphatic hydroxyl groups is 1. The van der Waals surface area contributed by atoms with Crippen molar-refractivity contribution in [2.45, 2.75) is 56.8 Å². The third-order valence-electron chi connectivity index (χ3n) is 4.26. The van der Waals surface area contributed by atoms with Crippen LogP contribution in [0.3, 0.4) is 0 Å². The number of hydrogen-bond acceptors (Lipinski definition) is 4. The van der Waals surface area contributed by atoms with Crippen molar-refractivity contribution in [3.05, 3.63) is 0 Å². The van der Waals surface area contributed by atoms with Gasteiger partial charge in [0.2, 0.25) is 0 Å². The lowest BCUT2D eigenvalue weighted by molar-refractivity contribution is -0.0289. The number of nitrogens with one attached hydrogen (secondary N) is 1. The molecule has 0 amide bonds. The Morgan fingerprint density at radius 2 is 2.24 bits per heavy atom. The number of nitriles is 1. The molecular formula is C13H22N2O2. The third-order valence-corrected chi connectivity index (χ3v) is 4.26. The molecule has 2 fully saturated rings. The minimum Gasteiger partial charge on any atom is -0.386 e. The van der Waals surface area contributed by atoms with E-state index in [0.29, 0.717) is 19.6 Å². The first-order valence-electron chi connectivity index (χ1n) is 6.63. The van der Waals surface area contributed by atoms with Crippen molar-refractivity contribution in [3.8, 4) is 6.07 Å². The zero-order valence-electron chi connectivity index (χ0n) is 10.5. The Morgan fingerprint density at radius 3 is 2.88 bits per heavy atom. The van der Waals surface area contributed by atoms with E-state index in [4.69, 9.17) is 10.00 Å². The zero-order chi connectivity index (χ0) is 12.3. The summed E-state index contributed by atoms with van der Waals surface area (Å²) in [5, 5.41) is 22.9. The highest BCUT2D eigenvalue weighted by atomic mass is 16.5. The van der Waals surface area contributed by atoms with Gasteiger partial charge in [0.1, 0.15) is 5.60 Å². The van der Waals surface area contributed by atoms with Gasteiger partial charge in [-0.2, -0.15) is 5.26 Å². The minimum absolute atomic E-state index is 0.102. The van der Waals surface area contributed by atoms with E-state index in [9.17, 15) is 5.11 Å². The Balaban J connectivity index is 1.86. The fraction of sp³-hybridized carbons (Fsp3) is 0.923. The normalized spacial score (nSPS) is 42.3. The van der Waals surface area contributed by atoms with Gasteiger partial charge in [0.05, 0.1) is 18.1 Å². The molecule has 17 heavy (non-hydrogen) atoms. The van der Waals surface area contributed by atoms with Crippen LogP contribution in [0.5, 0.6) is 0 Å². The molecule has 0 bridgehead atoms. The maximum absolute atomic E-state index is 10.4. The van der Waals surface area contributed by atoms with Gasteiger partial charge in [0.25, 0.3) is 0 Å².